The standard InChI is InChI=1S/C19H20ClN3O2/c1-2-23-17-6-4-3-5-16(17)22-18(23)11-12-21-19(24)13-25-15-9-7-14(20)8-10-15/h3-10H,2,11-13H2,1H3,(H,21,24). The number of aromatic nitrogens is 2. The van der Waals surface area contributed by atoms with E-state index in [0.29, 0.717) is 23.7 Å². The summed E-state index contributed by atoms with van der Waals surface area (Å²) in [4.78, 5) is 16.6. The Morgan fingerprint density at radius 3 is 2.72 bits per heavy atom. The normalized spacial score (nSPS) is 10.8. The molecule has 25 heavy (non-hydrogen) atoms. The molecule has 0 radical (unpaired) electrons. The molecule has 1 aromatic heterocycles. The number of carbonyl (C=O) groups excluding carboxylic acids is 1. The zero-order chi connectivity index (χ0) is 17.6. The first-order valence-electron chi connectivity index (χ1n) is 8.26. The monoisotopic (exact) mass is 357 g/mol. The van der Waals surface area contributed by atoms with E-state index in [1.165, 1.54) is 0 Å². The quantitative estimate of drug-likeness (QED) is 0.704. The molecule has 1 heterocycles. The lowest BCUT2D eigenvalue weighted by Gasteiger charge is -2.09. The van der Waals surface area contributed by atoms with E-state index in [-0.39, 0.29) is 12.5 Å². The highest BCUT2D eigenvalue weighted by Crippen LogP contribution is 2.16. The van der Waals surface area contributed by atoms with Crippen molar-refractivity contribution in [3.05, 3.63) is 59.4 Å². The molecule has 0 aliphatic rings. The van der Waals surface area contributed by atoms with E-state index in [0.717, 1.165) is 23.4 Å². The first-order valence-corrected chi connectivity index (χ1v) is 8.64. The van der Waals surface area contributed by atoms with Crippen molar-refractivity contribution in [1.29, 1.82) is 0 Å². The Balaban J connectivity index is 1.50. The van der Waals surface area contributed by atoms with Gasteiger partial charge in [0.25, 0.3) is 5.91 Å². The lowest BCUT2D eigenvalue weighted by atomic mass is 10.3. The van der Waals surface area contributed by atoms with Gasteiger partial charge in [-0.2, -0.15) is 0 Å². The third kappa shape index (κ3) is 4.31. The van der Waals surface area contributed by atoms with Crippen LogP contribution in [0, 0.1) is 0 Å². The lowest BCUT2D eigenvalue weighted by molar-refractivity contribution is -0.123. The summed E-state index contributed by atoms with van der Waals surface area (Å²) in [5.74, 6) is 1.43. The predicted octanol–water partition coefficient (Wildman–Crippen LogP) is 3.45. The number of halogens is 1. The van der Waals surface area contributed by atoms with Gasteiger partial charge in [0.05, 0.1) is 11.0 Å². The van der Waals surface area contributed by atoms with Crippen LogP contribution in [0.2, 0.25) is 5.02 Å². The van der Waals surface area contributed by atoms with Crippen molar-refractivity contribution >= 4 is 28.5 Å². The summed E-state index contributed by atoms with van der Waals surface area (Å²) in [6, 6.07) is 15.0. The lowest BCUT2D eigenvalue weighted by Crippen LogP contribution is -2.31. The number of aryl methyl sites for hydroxylation is 1. The molecule has 130 valence electrons. The zero-order valence-electron chi connectivity index (χ0n) is 14.0. The summed E-state index contributed by atoms with van der Waals surface area (Å²) in [5.41, 5.74) is 2.11. The van der Waals surface area contributed by atoms with Gasteiger partial charge >= 0.3 is 0 Å². The Kier molecular flexibility index (Phi) is 5.56. The number of nitrogens with one attached hydrogen (secondary N) is 1. The second-order valence-corrected chi connectivity index (χ2v) is 6.04. The molecule has 0 unspecified atom stereocenters. The van der Waals surface area contributed by atoms with Gasteiger partial charge < -0.3 is 14.6 Å². The average Bonchev–Trinajstić information content (AvgIpc) is 2.98. The van der Waals surface area contributed by atoms with Crippen molar-refractivity contribution in [3.8, 4) is 5.75 Å². The number of hydrogen-bond donors (Lipinski definition) is 1. The molecule has 0 atom stereocenters. The van der Waals surface area contributed by atoms with Crippen molar-refractivity contribution in [2.75, 3.05) is 13.2 Å². The predicted molar refractivity (Wildman–Crippen MR) is 99.1 cm³/mol. The summed E-state index contributed by atoms with van der Waals surface area (Å²) in [5, 5.41) is 3.50. The highest BCUT2D eigenvalue weighted by Gasteiger charge is 2.09. The van der Waals surface area contributed by atoms with Crippen LogP contribution in [0.25, 0.3) is 11.0 Å². The minimum absolute atomic E-state index is 0.0220. The maximum absolute atomic E-state index is 11.9. The molecule has 0 aliphatic carbocycles. The summed E-state index contributed by atoms with van der Waals surface area (Å²) in [6.07, 6.45) is 0.676. The van der Waals surface area contributed by atoms with Crippen LogP contribution in [0.5, 0.6) is 5.75 Å². The van der Waals surface area contributed by atoms with Gasteiger partial charge in [-0.25, -0.2) is 4.98 Å². The number of hydrogen-bond acceptors (Lipinski definition) is 3. The largest absolute Gasteiger partial charge is 0.484 e. The molecule has 0 saturated carbocycles. The summed E-state index contributed by atoms with van der Waals surface area (Å²) >= 11 is 5.81. The maximum atomic E-state index is 11.9. The Hall–Kier alpha value is -2.53. The molecule has 0 bridgehead atoms. The molecule has 1 amide bonds. The van der Waals surface area contributed by atoms with Crippen LogP contribution in [0.15, 0.2) is 48.5 Å². The van der Waals surface area contributed by atoms with Crippen LogP contribution in [0.3, 0.4) is 0 Å². The Morgan fingerprint density at radius 2 is 1.96 bits per heavy atom. The van der Waals surface area contributed by atoms with Crippen LogP contribution >= 0.6 is 11.6 Å². The van der Waals surface area contributed by atoms with E-state index in [9.17, 15) is 4.79 Å². The van der Waals surface area contributed by atoms with Crippen molar-refractivity contribution in [2.24, 2.45) is 0 Å². The number of benzene rings is 2. The van der Waals surface area contributed by atoms with Crippen LogP contribution in [-0.2, 0) is 17.8 Å². The number of carbonyl (C=O) groups is 1. The number of amides is 1. The number of ether oxygens (including phenoxy) is 1. The van der Waals surface area contributed by atoms with Crippen molar-refractivity contribution in [3.63, 3.8) is 0 Å². The number of nitrogens with zero attached hydrogens (tertiary/aromatic N) is 2. The van der Waals surface area contributed by atoms with E-state index in [2.05, 4.69) is 27.9 Å². The van der Waals surface area contributed by atoms with E-state index in [1.807, 2.05) is 18.2 Å². The van der Waals surface area contributed by atoms with Crippen LogP contribution in [0.1, 0.15) is 12.7 Å². The van der Waals surface area contributed by atoms with E-state index in [1.54, 1.807) is 24.3 Å². The minimum atomic E-state index is -0.158. The van der Waals surface area contributed by atoms with Gasteiger partial charge in [-0.05, 0) is 43.3 Å². The molecule has 2 aromatic carbocycles. The van der Waals surface area contributed by atoms with Crippen LogP contribution in [-0.4, -0.2) is 28.6 Å². The molecule has 0 saturated heterocycles. The zero-order valence-corrected chi connectivity index (χ0v) is 14.8. The summed E-state index contributed by atoms with van der Waals surface area (Å²) in [6.45, 7) is 3.44. The van der Waals surface area contributed by atoms with Crippen molar-refractivity contribution in [1.82, 2.24) is 14.9 Å². The Labute approximate surface area is 151 Å². The molecule has 0 aliphatic heterocycles. The molecule has 3 aromatic rings. The van der Waals surface area contributed by atoms with Crippen LogP contribution in [0.4, 0.5) is 0 Å². The van der Waals surface area contributed by atoms with Gasteiger partial charge in [-0.3, -0.25) is 4.79 Å². The summed E-state index contributed by atoms with van der Waals surface area (Å²) in [7, 11) is 0. The number of para-hydroxylation sites is 2. The fraction of sp³-hybridized carbons (Fsp3) is 0.263. The highest BCUT2D eigenvalue weighted by atomic mass is 35.5. The molecule has 1 N–H and O–H groups in total. The molecule has 6 heteroatoms. The van der Waals surface area contributed by atoms with E-state index in [4.69, 9.17) is 16.3 Å². The van der Waals surface area contributed by atoms with Crippen molar-refractivity contribution < 1.29 is 9.53 Å². The van der Waals surface area contributed by atoms with Gasteiger partial charge in [0, 0.05) is 24.5 Å². The van der Waals surface area contributed by atoms with Gasteiger partial charge in [0.15, 0.2) is 6.61 Å². The van der Waals surface area contributed by atoms with E-state index < -0.39 is 0 Å². The molecule has 5 nitrogen and oxygen atoms in total. The Bertz CT molecular complexity index is 859. The minimum Gasteiger partial charge on any atom is -0.484 e. The van der Waals surface area contributed by atoms with Gasteiger partial charge in [-0.15, -0.1) is 0 Å². The molecule has 0 spiro atoms. The number of rotatable bonds is 7. The fourth-order valence-electron chi connectivity index (χ4n) is 2.71. The first-order chi connectivity index (χ1) is 12.2. The molecular weight excluding hydrogens is 338 g/mol. The highest BCUT2D eigenvalue weighted by molar-refractivity contribution is 6.30. The van der Waals surface area contributed by atoms with E-state index >= 15 is 0 Å². The molecular formula is C19H20ClN3O2. The SMILES string of the molecule is CCn1c(CCNC(=O)COc2ccc(Cl)cc2)nc2ccccc21. The molecule has 3 rings (SSSR count). The average molecular weight is 358 g/mol. The van der Waals surface area contributed by atoms with Crippen molar-refractivity contribution in [2.45, 2.75) is 19.9 Å². The van der Waals surface area contributed by atoms with Gasteiger partial charge in [-0.1, -0.05) is 23.7 Å². The van der Waals surface area contributed by atoms with Gasteiger partial charge in [0.2, 0.25) is 0 Å². The summed E-state index contributed by atoms with van der Waals surface area (Å²) < 4.78 is 7.60. The topological polar surface area (TPSA) is 56.2 Å². The fourth-order valence-corrected chi connectivity index (χ4v) is 2.84. The maximum Gasteiger partial charge on any atom is 0.257 e. The van der Waals surface area contributed by atoms with Crippen LogP contribution < -0.4 is 10.1 Å². The van der Waals surface area contributed by atoms with Gasteiger partial charge in [0.1, 0.15) is 11.6 Å². The second kappa shape index (κ2) is 8.03. The number of fused-ring (bicyclic) bond motifs is 1. The first kappa shape index (κ1) is 17.3. The number of imidazole rings is 1. The smallest absolute Gasteiger partial charge is 0.257 e. The second-order valence-electron chi connectivity index (χ2n) is 5.60. The molecule has 0 fully saturated rings. The Morgan fingerprint density at radius 1 is 1.20 bits per heavy atom. The third-order valence-corrected chi connectivity index (χ3v) is 4.16. The third-order valence-electron chi connectivity index (χ3n) is 3.90.